The average molecular weight is 662 g/mol. The van der Waals surface area contributed by atoms with Crippen LogP contribution in [0.5, 0.6) is 0 Å². The SMILES string of the molecule is C=CCOC(=O)O.C=CCOC(=O)O.OCCOCCO.[C]=O.[C]=O.[C]=O.[C]=O.[C]=O.[C]=O.[W]. The van der Waals surface area contributed by atoms with E-state index in [1.807, 2.05) is 0 Å². The Hall–Kier alpha value is -3.39. The van der Waals surface area contributed by atoms with Gasteiger partial charge in [0, 0.05) is 21.1 Å². The van der Waals surface area contributed by atoms with Crippen LogP contribution in [-0.2, 0) is 64.0 Å². The van der Waals surface area contributed by atoms with Gasteiger partial charge in [0.05, 0.1) is 26.4 Å². The van der Waals surface area contributed by atoms with Gasteiger partial charge >= 0.3 is 12.3 Å². The molecule has 15 nitrogen and oxygen atoms in total. The minimum absolute atomic E-state index is 0. The molecule has 0 amide bonds. The molecule has 0 aliphatic heterocycles. The Bertz CT molecular complexity index is 319. The zero-order chi connectivity index (χ0) is 28.9. The fourth-order valence-corrected chi connectivity index (χ4v) is 0.492. The molecule has 0 fully saturated rings. The fraction of sp³-hybridized carbons (Fsp3) is 0.333. The Kier molecular flexibility index (Phi) is 243. The molecular formula is C18H22O15W. The summed E-state index contributed by atoms with van der Waals surface area (Å²) < 4.78 is 12.6. The van der Waals surface area contributed by atoms with Gasteiger partial charge in [0.2, 0.25) is 0 Å². The summed E-state index contributed by atoms with van der Waals surface area (Å²) in [6, 6.07) is 0. The van der Waals surface area contributed by atoms with E-state index in [4.69, 9.17) is 49.2 Å². The third-order valence-corrected chi connectivity index (χ3v) is 1.12. The van der Waals surface area contributed by atoms with Crippen molar-refractivity contribution in [3.05, 3.63) is 25.3 Å². The molecule has 0 aliphatic rings. The van der Waals surface area contributed by atoms with Gasteiger partial charge in [-0.3, -0.25) is 28.8 Å². The first kappa shape index (κ1) is 63.2. The molecule has 4 N–H and O–H groups in total. The van der Waals surface area contributed by atoms with E-state index in [1.54, 1.807) is 0 Å². The molecular weight excluding hydrogens is 640 g/mol. The fourth-order valence-electron chi connectivity index (χ4n) is 0.492. The van der Waals surface area contributed by atoms with Gasteiger partial charge in [-0.1, -0.05) is 25.3 Å². The quantitative estimate of drug-likeness (QED) is 0.129. The predicted molar refractivity (Wildman–Crippen MR) is 107 cm³/mol. The van der Waals surface area contributed by atoms with Crippen molar-refractivity contribution < 1.29 is 94.1 Å². The smallest absolute Gasteiger partial charge is 0.450 e. The monoisotopic (exact) mass is 662 g/mol. The van der Waals surface area contributed by atoms with E-state index < -0.39 is 12.3 Å². The molecule has 0 spiro atoms. The van der Waals surface area contributed by atoms with Crippen LogP contribution in [0.2, 0.25) is 0 Å². The maximum absolute atomic E-state index is 9.49. The number of carboxylic acid groups (broad SMARTS) is 2. The molecule has 0 bridgehead atoms. The van der Waals surface area contributed by atoms with Crippen LogP contribution < -0.4 is 0 Å². The first-order valence-corrected chi connectivity index (χ1v) is 6.91. The second-order valence-electron chi connectivity index (χ2n) is 2.79. The van der Waals surface area contributed by atoms with Crippen molar-refractivity contribution in [2.24, 2.45) is 0 Å². The molecule has 0 aliphatic carbocycles. The second-order valence-corrected chi connectivity index (χ2v) is 2.79. The van der Waals surface area contributed by atoms with Gasteiger partial charge in [-0.05, 0) is 0 Å². The molecule has 0 saturated carbocycles. The van der Waals surface area contributed by atoms with Crippen LogP contribution in [0.1, 0.15) is 0 Å². The molecule has 0 saturated heterocycles. The molecule has 0 unspecified atom stereocenters. The number of aliphatic hydroxyl groups excluding tert-OH is 2. The number of rotatable bonds is 8. The molecule has 0 heterocycles. The van der Waals surface area contributed by atoms with E-state index in [0.717, 1.165) is 0 Å². The van der Waals surface area contributed by atoms with Crippen molar-refractivity contribution in [2.75, 3.05) is 39.6 Å². The second kappa shape index (κ2) is 131. The number of ether oxygens (including phenoxy) is 3. The number of hydrogen-bond acceptors (Lipinski definition) is 13. The number of aliphatic hydroxyl groups is 2. The van der Waals surface area contributed by atoms with Crippen molar-refractivity contribution in [1.82, 2.24) is 0 Å². The maximum Gasteiger partial charge on any atom is 0.506 e. The van der Waals surface area contributed by atoms with Crippen LogP contribution in [0.4, 0.5) is 9.59 Å². The van der Waals surface area contributed by atoms with E-state index >= 15 is 0 Å². The van der Waals surface area contributed by atoms with Gasteiger partial charge in [0.15, 0.2) is 0 Å². The standard InChI is InChI=1S/C4H10O3.2C4H6O3.6CO.W/c5-1-3-7-4-2-6;2*1-2-3-7-4(5)6;6*1-2;/h5-6H,1-4H2;2*2H,1,3H2,(H,5,6);;;;;;;. The first-order chi connectivity index (χ1) is 16.0. The molecule has 0 rings (SSSR count). The van der Waals surface area contributed by atoms with Crippen LogP contribution in [0.25, 0.3) is 0 Å². The van der Waals surface area contributed by atoms with Gasteiger partial charge in [-0.15, -0.1) is 0 Å². The zero-order valence-corrected chi connectivity index (χ0v) is 20.4. The van der Waals surface area contributed by atoms with Gasteiger partial charge in [-0.2, -0.15) is 0 Å². The summed E-state index contributed by atoms with van der Waals surface area (Å²) in [5.41, 5.74) is 0. The Balaban J connectivity index is -0.0000000256. The molecule has 12 radical (unpaired) electrons. The van der Waals surface area contributed by atoms with Crippen LogP contribution >= 0.6 is 0 Å². The molecule has 0 aromatic carbocycles. The Morgan fingerprint density at radius 2 is 0.824 bits per heavy atom. The van der Waals surface area contributed by atoms with E-state index in [1.165, 1.54) is 12.2 Å². The maximum atomic E-state index is 9.49. The van der Waals surface area contributed by atoms with Crippen LogP contribution in [0.3, 0.4) is 0 Å². The van der Waals surface area contributed by atoms with Crippen LogP contribution in [0.15, 0.2) is 25.3 Å². The van der Waals surface area contributed by atoms with Crippen molar-refractivity contribution in [3.63, 3.8) is 0 Å². The summed E-state index contributed by atoms with van der Waals surface area (Å²) in [4.78, 5) is 64.0. The van der Waals surface area contributed by atoms with Crippen molar-refractivity contribution >= 4 is 53.0 Å². The Labute approximate surface area is 212 Å². The van der Waals surface area contributed by atoms with Gasteiger partial charge in [0.1, 0.15) is 13.2 Å². The molecule has 0 aromatic rings. The largest absolute Gasteiger partial charge is 0.506 e. The van der Waals surface area contributed by atoms with Gasteiger partial charge in [-0.25, -0.2) is 9.59 Å². The molecule has 0 atom stereocenters. The topological polar surface area (TPSA) is 245 Å². The number of carbonyl (C=O) groups excluding carboxylic acids is 6. The Morgan fingerprint density at radius 3 is 0.912 bits per heavy atom. The van der Waals surface area contributed by atoms with Crippen molar-refractivity contribution in [2.45, 2.75) is 0 Å². The van der Waals surface area contributed by atoms with Gasteiger partial charge in [0.25, 0.3) is 40.7 Å². The van der Waals surface area contributed by atoms with E-state index in [2.05, 4.69) is 68.1 Å². The number of carbonyl (C=O) groups is 2. The summed E-state index contributed by atoms with van der Waals surface area (Å²) in [5.74, 6) is 0. The normalized spacial score (nSPS) is 5.71. The first-order valence-electron chi connectivity index (χ1n) is 6.91. The third-order valence-electron chi connectivity index (χ3n) is 1.12. The molecule has 0 aromatic heterocycles. The minimum Gasteiger partial charge on any atom is -0.450 e. The summed E-state index contributed by atoms with van der Waals surface area (Å²) in [6.45, 7) is 34.3. The van der Waals surface area contributed by atoms with Crippen LogP contribution in [0, 0.1) is 0 Å². The molecule has 16 heteroatoms. The molecule has 34 heavy (non-hydrogen) atoms. The van der Waals surface area contributed by atoms with E-state index in [-0.39, 0.29) is 47.5 Å². The third kappa shape index (κ3) is 294. The summed E-state index contributed by atoms with van der Waals surface area (Å²) in [5, 5.41) is 31.7. The summed E-state index contributed by atoms with van der Waals surface area (Å²) >= 11 is 0. The van der Waals surface area contributed by atoms with E-state index in [0.29, 0.717) is 13.2 Å². The van der Waals surface area contributed by atoms with Crippen LogP contribution in [-0.4, -0.2) is 113 Å². The van der Waals surface area contributed by atoms with Crippen molar-refractivity contribution in [1.29, 1.82) is 0 Å². The average Bonchev–Trinajstić information content (AvgIpc) is 2.89. The van der Waals surface area contributed by atoms with Gasteiger partial charge < -0.3 is 34.6 Å². The molecule has 190 valence electrons. The summed E-state index contributed by atoms with van der Waals surface area (Å²) in [6.07, 6.45) is 0.210. The minimum atomic E-state index is -1.26. The predicted octanol–water partition coefficient (Wildman–Crippen LogP) is -1.66. The Morgan fingerprint density at radius 1 is 0.618 bits per heavy atom. The zero-order valence-electron chi connectivity index (χ0n) is 17.5. The summed E-state index contributed by atoms with van der Waals surface area (Å²) in [7, 11) is 0. The van der Waals surface area contributed by atoms with Crippen molar-refractivity contribution in [3.8, 4) is 0 Å². The number of hydrogen-bond donors (Lipinski definition) is 4. The van der Waals surface area contributed by atoms with E-state index in [9.17, 15) is 9.59 Å².